The van der Waals surface area contributed by atoms with Crippen LogP contribution in [0.2, 0.25) is 10.0 Å². The molecule has 1 aliphatic carbocycles. The molecule has 3 N–H and O–H groups in total. The van der Waals surface area contributed by atoms with Crippen LogP contribution in [0.4, 0.5) is 5.69 Å². The molecule has 0 saturated carbocycles. The van der Waals surface area contributed by atoms with Crippen molar-refractivity contribution in [2.45, 2.75) is 32.6 Å². The summed E-state index contributed by atoms with van der Waals surface area (Å²) in [5.74, 6) is -0.135. The Labute approximate surface area is 224 Å². The molecular formula is C27H25Cl2N3O5. The van der Waals surface area contributed by atoms with Gasteiger partial charge in [0.25, 0.3) is 5.91 Å². The number of allylic oxidation sites excluding steroid dienone is 3. The third-order valence-electron chi connectivity index (χ3n) is 6.16. The van der Waals surface area contributed by atoms with E-state index in [9.17, 15) is 14.9 Å². The number of nitrogens with zero attached hydrogens (tertiary/aromatic N) is 1. The number of ketones is 1. The van der Waals surface area contributed by atoms with Crippen LogP contribution in [0, 0.1) is 16.7 Å². The van der Waals surface area contributed by atoms with Crippen LogP contribution in [-0.2, 0) is 14.3 Å². The molecule has 0 spiro atoms. The fourth-order valence-electron chi connectivity index (χ4n) is 4.52. The van der Waals surface area contributed by atoms with E-state index in [0.29, 0.717) is 57.0 Å². The zero-order chi connectivity index (χ0) is 26.9. The van der Waals surface area contributed by atoms with Gasteiger partial charge >= 0.3 is 0 Å². The van der Waals surface area contributed by atoms with E-state index >= 15 is 0 Å². The lowest BCUT2D eigenvalue weighted by molar-refractivity contribution is -0.119. The van der Waals surface area contributed by atoms with Gasteiger partial charge in [-0.2, -0.15) is 5.26 Å². The number of nitriles is 1. The highest BCUT2D eigenvalue weighted by molar-refractivity contribution is 6.36. The standard InChI is InChI=1S/C27H25Cl2N3O5/c1-27(2)10-19(33)25-22(11-27)37-26(31)16(12-30)24(25)14-4-7-20(21(8-14)35-3)36-13-23(34)32-18-6-5-15(28)9-17(18)29/h4-9,24H,10-11,13,31H2,1-3H3,(H,32,34). The van der Waals surface area contributed by atoms with Gasteiger partial charge in [-0.1, -0.05) is 43.1 Å². The number of nitrogens with one attached hydrogen (secondary N) is 1. The molecule has 1 atom stereocenters. The molecule has 2 aromatic rings. The number of benzene rings is 2. The third-order valence-corrected chi connectivity index (χ3v) is 6.71. The minimum Gasteiger partial charge on any atom is -0.493 e. The predicted octanol–water partition coefficient (Wildman–Crippen LogP) is 5.47. The van der Waals surface area contributed by atoms with Gasteiger partial charge in [-0.15, -0.1) is 0 Å². The number of Topliss-reactive ketones (excluding diaryl/α,β-unsaturated/α-hetero) is 1. The number of nitrogens with two attached hydrogens (primary N) is 1. The highest BCUT2D eigenvalue weighted by atomic mass is 35.5. The molecular weight excluding hydrogens is 517 g/mol. The summed E-state index contributed by atoms with van der Waals surface area (Å²) in [6, 6.07) is 11.8. The van der Waals surface area contributed by atoms with Gasteiger partial charge in [-0.3, -0.25) is 9.59 Å². The first-order valence-corrected chi connectivity index (χ1v) is 12.2. The molecule has 0 saturated heterocycles. The SMILES string of the molecule is COc1cc(C2C(C#N)=C(N)OC3=C2C(=O)CC(C)(C)C3)ccc1OCC(=O)Nc1ccc(Cl)cc1Cl. The van der Waals surface area contributed by atoms with Crippen LogP contribution in [0.3, 0.4) is 0 Å². The summed E-state index contributed by atoms with van der Waals surface area (Å²) in [6.07, 6.45) is 0.852. The second-order valence-corrected chi connectivity index (χ2v) is 10.4. The second kappa shape index (κ2) is 10.4. The van der Waals surface area contributed by atoms with E-state index in [1.165, 1.54) is 13.2 Å². The molecule has 2 aromatic carbocycles. The topological polar surface area (TPSA) is 124 Å². The summed E-state index contributed by atoms with van der Waals surface area (Å²) in [5.41, 5.74) is 7.42. The van der Waals surface area contributed by atoms with Gasteiger partial charge in [0.05, 0.1) is 23.7 Å². The van der Waals surface area contributed by atoms with Gasteiger partial charge < -0.3 is 25.3 Å². The van der Waals surface area contributed by atoms with Crippen molar-refractivity contribution in [3.05, 3.63) is 74.8 Å². The number of amides is 1. The summed E-state index contributed by atoms with van der Waals surface area (Å²) in [5, 5.41) is 13.2. The molecule has 1 aliphatic heterocycles. The Balaban J connectivity index is 1.59. The Morgan fingerprint density at radius 2 is 1.97 bits per heavy atom. The summed E-state index contributed by atoms with van der Waals surface area (Å²) in [4.78, 5) is 25.6. The van der Waals surface area contributed by atoms with Crippen molar-refractivity contribution in [1.82, 2.24) is 0 Å². The quantitative estimate of drug-likeness (QED) is 0.496. The average molecular weight is 542 g/mol. The van der Waals surface area contributed by atoms with Crippen molar-refractivity contribution in [2.75, 3.05) is 19.0 Å². The molecule has 1 amide bonds. The minimum absolute atomic E-state index is 0.0198. The maximum atomic E-state index is 13.2. The van der Waals surface area contributed by atoms with E-state index < -0.39 is 11.8 Å². The van der Waals surface area contributed by atoms with Crippen molar-refractivity contribution in [1.29, 1.82) is 5.26 Å². The number of carbonyl (C=O) groups excluding carboxylic acids is 2. The van der Waals surface area contributed by atoms with Crippen LogP contribution < -0.4 is 20.5 Å². The first-order chi connectivity index (χ1) is 17.5. The number of ether oxygens (including phenoxy) is 3. The number of hydrogen-bond donors (Lipinski definition) is 2. The molecule has 2 aliphatic rings. The molecule has 8 nitrogen and oxygen atoms in total. The summed E-state index contributed by atoms with van der Waals surface area (Å²) in [6.45, 7) is 3.66. The highest BCUT2D eigenvalue weighted by Crippen LogP contribution is 2.48. The minimum atomic E-state index is -0.698. The lowest BCUT2D eigenvalue weighted by Crippen LogP contribution is -2.33. The van der Waals surface area contributed by atoms with Crippen LogP contribution in [0.15, 0.2) is 59.2 Å². The molecule has 0 bridgehead atoms. The molecule has 1 unspecified atom stereocenters. The normalized spacial score (nSPS) is 18.5. The third kappa shape index (κ3) is 5.53. The largest absolute Gasteiger partial charge is 0.493 e. The van der Waals surface area contributed by atoms with Crippen molar-refractivity contribution in [3.63, 3.8) is 0 Å². The smallest absolute Gasteiger partial charge is 0.262 e. The Kier molecular flexibility index (Phi) is 7.39. The van der Waals surface area contributed by atoms with Crippen LogP contribution in [0.5, 0.6) is 11.5 Å². The lowest BCUT2D eigenvalue weighted by atomic mass is 9.70. The van der Waals surface area contributed by atoms with Gasteiger partial charge in [0.1, 0.15) is 17.4 Å². The predicted molar refractivity (Wildman–Crippen MR) is 139 cm³/mol. The van der Waals surface area contributed by atoms with Crippen molar-refractivity contribution < 1.29 is 23.8 Å². The van der Waals surface area contributed by atoms with E-state index in [1.807, 2.05) is 13.8 Å². The van der Waals surface area contributed by atoms with E-state index in [-0.39, 0.29) is 29.3 Å². The highest BCUT2D eigenvalue weighted by Gasteiger charge is 2.43. The summed E-state index contributed by atoms with van der Waals surface area (Å²) >= 11 is 12.0. The maximum Gasteiger partial charge on any atom is 0.262 e. The molecule has 0 radical (unpaired) electrons. The average Bonchev–Trinajstić information content (AvgIpc) is 2.82. The monoisotopic (exact) mass is 541 g/mol. The molecule has 1 heterocycles. The van der Waals surface area contributed by atoms with Gasteiger partial charge in [0.15, 0.2) is 23.9 Å². The molecule has 192 valence electrons. The molecule has 4 rings (SSSR count). The Hall–Kier alpha value is -3.67. The maximum absolute atomic E-state index is 13.2. The number of carbonyl (C=O) groups is 2. The molecule has 10 heteroatoms. The number of methoxy groups -OCH3 is 1. The molecule has 0 fully saturated rings. The lowest BCUT2D eigenvalue weighted by Gasteiger charge is -2.37. The van der Waals surface area contributed by atoms with Gasteiger partial charge in [0, 0.05) is 23.4 Å². The number of anilines is 1. The Morgan fingerprint density at radius 1 is 1.22 bits per heavy atom. The van der Waals surface area contributed by atoms with Crippen LogP contribution in [0.25, 0.3) is 0 Å². The van der Waals surface area contributed by atoms with E-state index in [1.54, 1.807) is 30.3 Å². The second-order valence-electron chi connectivity index (χ2n) is 9.57. The van der Waals surface area contributed by atoms with E-state index in [4.69, 9.17) is 43.1 Å². The van der Waals surface area contributed by atoms with Crippen molar-refractivity contribution >= 4 is 40.6 Å². The fourth-order valence-corrected chi connectivity index (χ4v) is 4.98. The van der Waals surface area contributed by atoms with Gasteiger partial charge in [0.2, 0.25) is 5.88 Å². The Bertz CT molecular complexity index is 1390. The van der Waals surface area contributed by atoms with Crippen LogP contribution in [0.1, 0.15) is 38.2 Å². The van der Waals surface area contributed by atoms with Gasteiger partial charge in [-0.25, -0.2) is 0 Å². The zero-order valence-electron chi connectivity index (χ0n) is 20.5. The van der Waals surface area contributed by atoms with Crippen LogP contribution >= 0.6 is 23.2 Å². The van der Waals surface area contributed by atoms with Crippen molar-refractivity contribution in [2.24, 2.45) is 11.1 Å². The molecule has 0 aromatic heterocycles. The Morgan fingerprint density at radius 3 is 2.65 bits per heavy atom. The van der Waals surface area contributed by atoms with Crippen LogP contribution in [-0.4, -0.2) is 25.4 Å². The number of rotatable bonds is 6. The zero-order valence-corrected chi connectivity index (χ0v) is 22.0. The summed E-state index contributed by atoms with van der Waals surface area (Å²) < 4.78 is 16.9. The fraction of sp³-hybridized carbons (Fsp3) is 0.296. The molecule has 37 heavy (non-hydrogen) atoms. The summed E-state index contributed by atoms with van der Waals surface area (Å²) in [7, 11) is 1.46. The first-order valence-electron chi connectivity index (χ1n) is 11.4. The van der Waals surface area contributed by atoms with Crippen molar-refractivity contribution in [3.8, 4) is 17.6 Å². The van der Waals surface area contributed by atoms with Gasteiger partial charge in [-0.05, 0) is 41.3 Å². The van der Waals surface area contributed by atoms with E-state index in [0.717, 1.165) is 0 Å². The van der Waals surface area contributed by atoms with E-state index in [2.05, 4.69) is 11.4 Å². The number of halogens is 2. The number of hydrogen-bond acceptors (Lipinski definition) is 7. The first kappa shape index (κ1) is 26.4.